The lowest BCUT2D eigenvalue weighted by Gasteiger charge is -2.29. The molecular formula is C12H19N3O4. The molecule has 0 bridgehead atoms. The fraction of sp³-hybridized carbons (Fsp3) is 0.750. The molecule has 0 unspecified atom stereocenters. The van der Waals surface area contributed by atoms with Crippen LogP contribution < -0.4 is 10.6 Å². The first-order chi connectivity index (χ1) is 9.03. The SMILES string of the molecule is O=C1CN(C(=O)NC2(C(=O)O)CCCC2)CCCN1. The molecule has 2 fully saturated rings. The van der Waals surface area contributed by atoms with E-state index in [9.17, 15) is 19.5 Å². The number of nitrogens with one attached hydrogen (secondary N) is 2. The standard InChI is InChI=1S/C12H19N3O4/c16-9-8-15(7-3-6-13-9)11(19)14-12(10(17)18)4-1-2-5-12/h1-8H2,(H,13,16)(H,14,19)(H,17,18). The maximum absolute atomic E-state index is 12.1. The van der Waals surface area contributed by atoms with Crippen molar-refractivity contribution in [1.29, 1.82) is 0 Å². The molecule has 0 radical (unpaired) electrons. The van der Waals surface area contributed by atoms with Crippen molar-refractivity contribution < 1.29 is 19.5 Å². The van der Waals surface area contributed by atoms with E-state index in [1.807, 2.05) is 0 Å². The summed E-state index contributed by atoms with van der Waals surface area (Å²) in [7, 11) is 0. The van der Waals surface area contributed by atoms with Gasteiger partial charge in [-0.3, -0.25) is 4.79 Å². The van der Waals surface area contributed by atoms with Gasteiger partial charge in [0, 0.05) is 13.1 Å². The maximum atomic E-state index is 12.1. The summed E-state index contributed by atoms with van der Waals surface area (Å²) in [6.07, 6.45) is 3.18. The zero-order valence-corrected chi connectivity index (χ0v) is 10.8. The Hall–Kier alpha value is -1.79. The predicted molar refractivity (Wildman–Crippen MR) is 66.6 cm³/mol. The number of carboxylic acids is 1. The predicted octanol–water partition coefficient (Wildman–Crippen LogP) is -0.0847. The van der Waals surface area contributed by atoms with Crippen molar-refractivity contribution in [2.45, 2.75) is 37.6 Å². The molecule has 7 nitrogen and oxygen atoms in total. The first-order valence-corrected chi connectivity index (χ1v) is 6.61. The van der Waals surface area contributed by atoms with Gasteiger partial charge >= 0.3 is 12.0 Å². The van der Waals surface area contributed by atoms with Crippen LogP contribution in [-0.4, -0.2) is 53.1 Å². The third kappa shape index (κ3) is 2.97. The zero-order valence-electron chi connectivity index (χ0n) is 10.8. The molecule has 2 aliphatic rings. The normalized spacial score (nSPS) is 22.5. The minimum atomic E-state index is -1.15. The van der Waals surface area contributed by atoms with Crippen molar-refractivity contribution in [3.63, 3.8) is 0 Å². The molecule has 1 heterocycles. The van der Waals surface area contributed by atoms with E-state index in [2.05, 4.69) is 10.6 Å². The van der Waals surface area contributed by atoms with Gasteiger partial charge in [-0.2, -0.15) is 0 Å². The van der Waals surface area contributed by atoms with Crippen LogP contribution in [0.3, 0.4) is 0 Å². The number of carbonyl (C=O) groups is 3. The van der Waals surface area contributed by atoms with E-state index >= 15 is 0 Å². The molecule has 0 aromatic rings. The van der Waals surface area contributed by atoms with Crippen LogP contribution in [0.5, 0.6) is 0 Å². The monoisotopic (exact) mass is 269 g/mol. The van der Waals surface area contributed by atoms with Gasteiger partial charge in [0.1, 0.15) is 12.1 Å². The number of hydrogen-bond donors (Lipinski definition) is 3. The Morgan fingerprint density at radius 3 is 2.58 bits per heavy atom. The lowest BCUT2D eigenvalue weighted by atomic mass is 9.98. The van der Waals surface area contributed by atoms with E-state index in [0.717, 1.165) is 12.8 Å². The number of amides is 3. The van der Waals surface area contributed by atoms with Crippen LogP contribution in [0.15, 0.2) is 0 Å². The third-order valence-corrected chi connectivity index (χ3v) is 3.76. The Balaban J connectivity index is 2.02. The van der Waals surface area contributed by atoms with Gasteiger partial charge < -0.3 is 20.6 Å². The van der Waals surface area contributed by atoms with E-state index in [1.54, 1.807) is 0 Å². The van der Waals surface area contributed by atoms with Gasteiger partial charge in [-0.1, -0.05) is 12.8 Å². The highest BCUT2D eigenvalue weighted by Crippen LogP contribution is 2.30. The van der Waals surface area contributed by atoms with Crippen LogP contribution >= 0.6 is 0 Å². The van der Waals surface area contributed by atoms with Gasteiger partial charge in [-0.25, -0.2) is 9.59 Å². The second kappa shape index (κ2) is 5.46. The summed E-state index contributed by atoms with van der Waals surface area (Å²) in [4.78, 5) is 36.3. The maximum Gasteiger partial charge on any atom is 0.329 e. The molecule has 3 N–H and O–H groups in total. The van der Waals surface area contributed by atoms with Gasteiger partial charge in [0.15, 0.2) is 0 Å². The van der Waals surface area contributed by atoms with Crippen LogP contribution in [0.4, 0.5) is 4.79 Å². The summed E-state index contributed by atoms with van der Waals surface area (Å²) in [5.74, 6) is -1.19. The molecule has 2 rings (SSSR count). The van der Waals surface area contributed by atoms with Crippen LogP contribution in [0.25, 0.3) is 0 Å². The Morgan fingerprint density at radius 2 is 1.95 bits per heavy atom. The van der Waals surface area contributed by atoms with Gasteiger partial charge in [-0.15, -0.1) is 0 Å². The largest absolute Gasteiger partial charge is 0.480 e. The zero-order chi connectivity index (χ0) is 13.9. The average Bonchev–Trinajstić information content (AvgIpc) is 2.72. The third-order valence-electron chi connectivity index (χ3n) is 3.76. The molecule has 0 atom stereocenters. The summed E-state index contributed by atoms with van der Waals surface area (Å²) < 4.78 is 0. The summed E-state index contributed by atoms with van der Waals surface area (Å²) in [6, 6.07) is -0.457. The molecular weight excluding hydrogens is 250 g/mol. The number of carboxylic acid groups (broad SMARTS) is 1. The molecule has 0 spiro atoms. The molecule has 0 aromatic heterocycles. The van der Waals surface area contributed by atoms with Crippen molar-refractivity contribution in [2.24, 2.45) is 0 Å². The molecule has 106 valence electrons. The van der Waals surface area contributed by atoms with Crippen LogP contribution in [0, 0.1) is 0 Å². The summed E-state index contributed by atoms with van der Waals surface area (Å²) in [5.41, 5.74) is -1.15. The molecule has 1 aliphatic carbocycles. The number of nitrogens with zero attached hydrogens (tertiary/aromatic N) is 1. The van der Waals surface area contributed by atoms with Crippen molar-refractivity contribution in [2.75, 3.05) is 19.6 Å². The number of aliphatic carboxylic acids is 1. The van der Waals surface area contributed by atoms with Gasteiger partial charge in [0.2, 0.25) is 5.91 Å². The summed E-state index contributed by atoms with van der Waals surface area (Å²) >= 11 is 0. The molecule has 1 aliphatic heterocycles. The molecule has 0 aromatic carbocycles. The van der Waals surface area contributed by atoms with Crippen molar-refractivity contribution in [3.8, 4) is 0 Å². The van der Waals surface area contributed by atoms with E-state index < -0.39 is 17.5 Å². The smallest absolute Gasteiger partial charge is 0.329 e. The van der Waals surface area contributed by atoms with Crippen molar-refractivity contribution in [1.82, 2.24) is 15.5 Å². The summed E-state index contributed by atoms with van der Waals surface area (Å²) in [5, 5.41) is 14.6. The number of urea groups is 1. The topological polar surface area (TPSA) is 98.7 Å². The molecule has 19 heavy (non-hydrogen) atoms. The fourth-order valence-electron chi connectivity index (χ4n) is 2.63. The molecule has 3 amide bonds. The van der Waals surface area contributed by atoms with Gasteiger partial charge in [0.05, 0.1) is 0 Å². The molecule has 7 heteroatoms. The van der Waals surface area contributed by atoms with Gasteiger partial charge in [0.25, 0.3) is 0 Å². The minimum Gasteiger partial charge on any atom is -0.480 e. The Kier molecular flexibility index (Phi) is 3.92. The number of carbonyl (C=O) groups excluding carboxylic acids is 2. The Morgan fingerprint density at radius 1 is 1.26 bits per heavy atom. The lowest BCUT2D eigenvalue weighted by Crippen LogP contribution is -2.57. The fourth-order valence-corrected chi connectivity index (χ4v) is 2.63. The first-order valence-electron chi connectivity index (χ1n) is 6.61. The number of hydrogen-bond acceptors (Lipinski definition) is 3. The second-order valence-corrected chi connectivity index (χ2v) is 5.15. The van der Waals surface area contributed by atoms with E-state index in [0.29, 0.717) is 32.4 Å². The Labute approximate surface area is 111 Å². The van der Waals surface area contributed by atoms with Crippen molar-refractivity contribution >= 4 is 17.9 Å². The first kappa shape index (κ1) is 13.6. The quantitative estimate of drug-likeness (QED) is 0.652. The highest BCUT2D eigenvalue weighted by atomic mass is 16.4. The summed E-state index contributed by atoms with van der Waals surface area (Å²) in [6.45, 7) is 0.995. The van der Waals surface area contributed by atoms with Crippen LogP contribution in [0.1, 0.15) is 32.1 Å². The highest BCUT2D eigenvalue weighted by Gasteiger charge is 2.43. The van der Waals surface area contributed by atoms with E-state index in [-0.39, 0.29) is 12.5 Å². The van der Waals surface area contributed by atoms with Crippen LogP contribution in [0.2, 0.25) is 0 Å². The molecule has 1 saturated heterocycles. The number of rotatable bonds is 2. The highest BCUT2D eigenvalue weighted by molar-refractivity contribution is 5.89. The van der Waals surface area contributed by atoms with Crippen molar-refractivity contribution in [3.05, 3.63) is 0 Å². The van der Waals surface area contributed by atoms with Gasteiger partial charge in [-0.05, 0) is 19.3 Å². The van der Waals surface area contributed by atoms with E-state index in [1.165, 1.54) is 4.90 Å². The molecule has 1 saturated carbocycles. The Bertz CT molecular complexity index is 390. The van der Waals surface area contributed by atoms with Crippen LogP contribution in [-0.2, 0) is 9.59 Å². The minimum absolute atomic E-state index is 0.0124. The average molecular weight is 269 g/mol. The lowest BCUT2D eigenvalue weighted by molar-refractivity contribution is -0.144. The van der Waals surface area contributed by atoms with E-state index in [4.69, 9.17) is 0 Å². The second-order valence-electron chi connectivity index (χ2n) is 5.15.